The molecular weight excluding hydrogens is 251 g/mol. The molecule has 1 unspecified atom stereocenters. The fourth-order valence-corrected chi connectivity index (χ4v) is 2.19. The van der Waals surface area contributed by atoms with Gasteiger partial charge in [-0.25, -0.2) is 4.39 Å². The number of hydrogen-bond acceptors (Lipinski definition) is 5. The molecule has 6 heteroatoms. The predicted molar refractivity (Wildman–Crippen MR) is 65.9 cm³/mol. The Labute approximate surface area is 109 Å². The normalized spacial score (nSPS) is 18.2. The van der Waals surface area contributed by atoms with Crippen molar-refractivity contribution in [2.75, 3.05) is 20.8 Å². The largest absolute Gasteiger partial charge is 0.480 e. The van der Waals surface area contributed by atoms with Crippen molar-refractivity contribution in [1.82, 2.24) is 9.97 Å². The zero-order chi connectivity index (χ0) is 13.4. The van der Waals surface area contributed by atoms with Gasteiger partial charge in [0.05, 0.1) is 37.8 Å². The molecule has 1 atom stereocenters. The van der Waals surface area contributed by atoms with E-state index in [-0.39, 0.29) is 17.9 Å². The highest BCUT2D eigenvalue weighted by Gasteiger charge is 2.28. The van der Waals surface area contributed by atoms with E-state index in [1.807, 2.05) is 0 Å². The summed E-state index contributed by atoms with van der Waals surface area (Å²) >= 11 is 0. The van der Waals surface area contributed by atoms with Crippen molar-refractivity contribution in [2.45, 2.75) is 12.5 Å². The van der Waals surface area contributed by atoms with E-state index in [1.54, 1.807) is 6.07 Å². The Morgan fingerprint density at radius 1 is 1.26 bits per heavy atom. The standard InChI is InChI=1S/C13H13FN2O3/c1-17-12-11-8(15-13(16-12)18-2)4-3-7(14)10(11)9-5-6-19-9/h3-4,9H,5-6H2,1-2H3. The van der Waals surface area contributed by atoms with E-state index in [4.69, 9.17) is 14.2 Å². The van der Waals surface area contributed by atoms with Gasteiger partial charge in [0.15, 0.2) is 0 Å². The second kappa shape index (κ2) is 4.62. The van der Waals surface area contributed by atoms with Crippen LogP contribution in [0, 0.1) is 5.82 Å². The van der Waals surface area contributed by atoms with Crippen molar-refractivity contribution in [3.63, 3.8) is 0 Å². The summed E-state index contributed by atoms with van der Waals surface area (Å²) in [6, 6.07) is 3.15. The van der Waals surface area contributed by atoms with Crippen LogP contribution in [0.3, 0.4) is 0 Å². The molecule has 1 aliphatic heterocycles. The molecule has 0 amide bonds. The molecular formula is C13H13FN2O3. The van der Waals surface area contributed by atoms with Crippen LogP contribution in [0.4, 0.5) is 4.39 Å². The Morgan fingerprint density at radius 2 is 2.05 bits per heavy atom. The van der Waals surface area contributed by atoms with E-state index in [0.717, 1.165) is 6.42 Å². The maximum Gasteiger partial charge on any atom is 0.320 e. The van der Waals surface area contributed by atoms with Crippen molar-refractivity contribution in [2.24, 2.45) is 0 Å². The molecule has 0 bridgehead atoms. The van der Waals surface area contributed by atoms with E-state index in [9.17, 15) is 4.39 Å². The van der Waals surface area contributed by atoms with Crippen LogP contribution in [-0.4, -0.2) is 30.8 Å². The molecule has 0 radical (unpaired) electrons. The minimum absolute atomic E-state index is 0.191. The number of fused-ring (bicyclic) bond motifs is 1. The fourth-order valence-electron chi connectivity index (χ4n) is 2.19. The zero-order valence-corrected chi connectivity index (χ0v) is 10.6. The quantitative estimate of drug-likeness (QED) is 0.851. The third kappa shape index (κ3) is 1.88. The molecule has 2 aromatic rings. The molecule has 5 nitrogen and oxygen atoms in total. The van der Waals surface area contributed by atoms with Crippen LogP contribution in [0.1, 0.15) is 18.1 Å². The topological polar surface area (TPSA) is 53.5 Å². The molecule has 1 aliphatic rings. The Kier molecular flexibility index (Phi) is 2.94. The van der Waals surface area contributed by atoms with Gasteiger partial charge in [0.1, 0.15) is 5.82 Å². The first-order valence-electron chi connectivity index (χ1n) is 5.94. The molecule has 100 valence electrons. The summed E-state index contributed by atoms with van der Waals surface area (Å²) in [6.45, 7) is 0.639. The average Bonchev–Trinajstić information content (AvgIpc) is 2.38. The number of aromatic nitrogens is 2. The van der Waals surface area contributed by atoms with Crippen LogP contribution < -0.4 is 9.47 Å². The second-order valence-corrected chi connectivity index (χ2v) is 4.22. The fraction of sp³-hybridized carbons (Fsp3) is 0.385. The van der Waals surface area contributed by atoms with Crippen molar-refractivity contribution in [3.8, 4) is 11.9 Å². The summed E-state index contributed by atoms with van der Waals surface area (Å²) in [5, 5.41) is 0.549. The third-order valence-corrected chi connectivity index (χ3v) is 3.19. The molecule has 0 N–H and O–H groups in total. The Morgan fingerprint density at radius 3 is 2.63 bits per heavy atom. The van der Waals surface area contributed by atoms with Gasteiger partial charge in [-0.2, -0.15) is 9.97 Å². The lowest BCUT2D eigenvalue weighted by atomic mass is 9.98. The second-order valence-electron chi connectivity index (χ2n) is 4.22. The first kappa shape index (κ1) is 12.1. The van der Waals surface area contributed by atoms with Gasteiger partial charge >= 0.3 is 6.01 Å². The average molecular weight is 264 g/mol. The Balaban J connectivity index is 2.30. The maximum atomic E-state index is 14.1. The third-order valence-electron chi connectivity index (χ3n) is 3.19. The van der Waals surface area contributed by atoms with Crippen LogP contribution >= 0.6 is 0 Å². The minimum Gasteiger partial charge on any atom is -0.480 e. The highest BCUT2D eigenvalue weighted by atomic mass is 19.1. The van der Waals surface area contributed by atoms with Crippen molar-refractivity contribution in [1.29, 1.82) is 0 Å². The van der Waals surface area contributed by atoms with Gasteiger partial charge in [0.25, 0.3) is 0 Å². The van der Waals surface area contributed by atoms with Crippen molar-refractivity contribution >= 4 is 10.9 Å². The lowest BCUT2D eigenvalue weighted by molar-refractivity contribution is -0.0537. The number of ether oxygens (including phenoxy) is 3. The van der Waals surface area contributed by atoms with Gasteiger partial charge in [0.2, 0.25) is 5.88 Å². The summed E-state index contributed by atoms with van der Waals surface area (Å²) in [5.74, 6) is -0.0314. The molecule has 2 heterocycles. The van der Waals surface area contributed by atoms with Gasteiger partial charge in [0, 0.05) is 12.0 Å². The summed E-state index contributed by atoms with van der Waals surface area (Å²) in [6.07, 6.45) is 0.528. The van der Waals surface area contributed by atoms with Gasteiger partial charge in [-0.15, -0.1) is 0 Å². The van der Waals surface area contributed by atoms with Crippen LogP contribution in [0.25, 0.3) is 10.9 Å². The lowest BCUT2D eigenvalue weighted by Crippen LogP contribution is -2.20. The van der Waals surface area contributed by atoms with Gasteiger partial charge in [-0.05, 0) is 12.1 Å². The van der Waals surface area contributed by atoms with Crippen molar-refractivity contribution in [3.05, 3.63) is 23.5 Å². The number of rotatable bonds is 3. The summed E-state index contributed by atoms with van der Waals surface area (Å²) in [7, 11) is 2.96. The molecule has 3 rings (SSSR count). The molecule has 1 aromatic heterocycles. The van der Waals surface area contributed by atoms with Crippen LogP contribution in [0.15, 0.2) is 12.1 Å². The monoisotopic (exact) mass is 264 g/mol. The number of hydrogen-bond donors (Lipinski definition) is 0. The van der Waals surface area contributed by atoms with E-state index in [1.165, 1.54) is 20.3 Å². The number of benzene rings is 1. The van der Waals surface area contributed by atoms with Gasteiger partial charge in [-0.3, -0.25) is 0 Å². The first-order valence-corrected chi connectivity index (χ1v) is 5.94. The van der Waals surface area contributed by atoms with E-state index in [0.29, 0.717) is 29.0 Å². The zero-order valence-electron chi connectivity index (χ0n) is 10.6. The Hall–Kier alpha value is -1.95. The molecule has 1 aromatic carbocycles. The predicted octanol–water partition coefficient (Wildman–Crippen LogP) is 2.25. The molecule has 1 saturated heterocycles. The highest BCUT2D eigenvalue weighted by molar-refractivity contribution is 5.88. The molecule has 19 heavy (non-hydrogen) atoms. The van der Waals surface area contributed by atoms with Gasteiger partial charge in [-0.1, -0.05) is 0 Å². The minimum atomic E-state index is -0.329. The first-order chi connectivity index (χ1) is 9.24. The highest BCUT2D eigenvalue weighted by Crippen LogP contribution is 2.39. The van der Waals surface area contributed by atoms with Crippen LogP contribution in [-0.2, 0) is 4.74 Å². The maximum absolute atomic E-state index is 14.1. The summed E-state index contributed by atoms with van der Waals surface area (Å²) < 4.78 is 29.7. The van der Waals surface area contributed by atoms with Crippen LogP contribution in [0.2, 0.25) is 0 Å². The summed E-state index contributed by atoms with van der Waals surface area (Å²) in [5.41, 5.74) is 1.04. The van der Waals surface area contributed by atoms with Crippen molar-refractivity contribution < 1.29 is 18.6 Å². The van der Waals surface area contributed by atoms with Gasteiger partial charge < -0.3 is 14.2 Å². The number of halogens is 1. The lowest BCUT2D eigenvalue weighted by Gasteiger charge is -2.28. The van der Waals surface area contributed by atoms with E-state index >= 15 is 0 Å². The molecule has 0 saturated carbocycles. The van der Waals surface area contributed by atoms with E-state index in [2.05, 4.69) is 9.97 Å². The molecule has 1 fully saturated rings. The van der Waals surface area contributed by atoms with E-state index < -0.39 is 0 Å². The smallest absolute Gasteiger partial charge is 0.320 e. The molecule has 0 spiro atoms. The van der Waals surface area contributed by atoms with Crippen LogP contribution in [0.5, 0.6) is 11.9 Å². The number of nitrogens with zero attached hydrogens (tertiary/aromatic N) is 2. The molecule has 0 aliphatic carbocycles. The Bertz CT molecular complexity index is 629. The summed E-state index contributed by atoms with van der Waals surface area (Å²) in [4.78, 5) is 8.31. The number of methoxy groups -OCH3 is 2. The SMILES string of the molecule is COc1nc(OC)c2c(C3CCO3)c(F)ccc2n1.